The van der Waals surface area contributed by atoms with Gasteiger partial charge in [0.1, 0.15) is 11.5 Å². The molecule has 0 saturated carbocycles. The number of carbonyl (C=O) groups is 2. The van der Waals surface area contributed by atoms with E-state index in [4.69, 9.17) is 8.83 Å². The zero-order valence-electron chi connectivity index (χ0n) is 16.8. The molecule has 0 spiro atoms. The molecule has 1 aliphatic rings. The van der Waals surface area contributed by atoms with E-state index in [1.54, 1.807) is 19.2 Å². The summed E-state index contributed by atoms with van der Waals surface area (Å²) in [5.41, 5.74) is 6.01. The predicted octanol–water partition coefficient (Wildman–Crippen LogP) is 3.28. The standard InChI is InChI=1S/C22H22N4O4/c1-13-19-17(25-26-21(27)16-9-11-29-14(16)2)7-5-8-18(19)30-20(13)22(28)24-12-15-6-3-4-10-23-15/h3-4,6,9-11H,5,7-8,12H2,1-2H3,(H,24,28)(H,26,27)/b25-17+. The van der Waals surface area contributed by atoms with Crippen molar-refractivity contribution in [3.8, 4) is 0 Å². The number of nitrogens with one attached hydrogen (secondary N) is 2. The number of hydrazone groups is 1. The number of hydrogen-bond donors (Lipinski definition) is 2. The number of pyridine rings is 1. The summed E-state index contributed by atoms with van der Waals surface area (Å²) in [5.74, 6) is 0.875. The van der Waals surface area contributed by atoms with Crippen LogP contribution in [0.3, 0.4) is 0 Å². The van der Waals surface area contributed by atoms with E-state index in [1.165, 1.54) is 6.26 Å². The Morgan fingerprint density at radius 1 is 1.17 bits per heavy atom. The highest BCUT2D eigenvalue weighted by atomic mass is 16.4. The Kier molecular flexibility index (Phi) is 5.47. The fraction of sp³-hybridized carbons (Fsp3) is 0.273. The summed E-state index contributed by atoms with van der Waals surface area (Å²) in [6, 6.07) is 7.14. The Morgan fingerprint density at radius 3 is 2.77 bits per heavy atom. The first-order chi connectivity index (χ1) is 14.5. The lowest BCUT2D eigenvalue weighted by molar-refractivity contribution is 0.0918. The number of aryl methyl sites for hydroxylation is 2. The summed E-state index contributed by atoms with van der Waals surface area (Å²) in [7, 11) is 0. The fourth-order valence-corrected chi connectivity index (χ4v) is 3.55. The third-order valence-electron chi connectivity index (χ3n) is 5.08. The van der Waals surface area contributed by atoms with E-state index in [0.29, 0.717) is 35.8 Å². The van der Waals surface area contributed by atoms with E-state index >= 15 is 0 Å². The Hall–Kier alpha value is -3.68. The molecule has 0 radical (unpaired) electrons. The van der Waals surface area contributed by atoms with Crippen molar-refractivity contribution in [1.29, 1.82) is 0 Å². The van der Waals surface area contributed by atoms with Crippen molar-refractivity contribution < 1.29 is 18.4 Å². The first kappa shape index (κ1) is 19.6. The molecular formula is C22H22N4O4. The summed E-state index contributed by atoms with van der Waals surface area (Å²) in [6.07, 6.45) is 5.38. The van der Waals surface area contributed by atoms with E-state index in [9.17, 15) is 9.59 Å². The monoisotopic (exact) mass is 406 g/mol. The average Bonchev–Trinajstić information content (AvgIpc) is 3.34. The summed E-state index contributed by atoms with van der Waals surface area (Å²) < 4.78 is 11.0. The maximum Gasteiger partial charge on any atom is 0.287 e. The summed E-state index contributed by atoms with van der Waals surface area (Å²) in [5, 5.41) is 7.16. The molecule has 3 heterocycles. The number of amides is 2. The van der Waals surface area contributed by atoms with E-state index in [0.717, 1.165) is 29.7 Å². The van der Waals surface area contributed by atoms with E-state index in [-0.39, 0.29) is 17.6 Å². The van der Waals surface area contributed by atoms with Crippen LogP contribution in [0.5, 0.6) is 0 Å². The number of rotatable bonds is 5. The SMILES string of the molecule is Cc1occc1C(=O)N/N=C1\CCCc2oc(C(=O)NCc3ccccn3)c(C)c21. The highest BCUT2D eigenvalue weighted by molar-refractivity contribution is 6.07. The van der Waals surface area contributed by atoms with Crippen LogP contribution in [-0.4, -0.2) is 22.5 Å². The van der Waals surface area contributed by atoms with Crippen molar-refractivity contribution in [2.45, 2.75) is 39.7 Å². The highest BCUT2D eigenvalue weighted by Gasteiger charge is 2.28. The lowest BCUT2D eigenvalue weighted by atomic mass is 9.93. The minimum atomic E-state index is -0.338. The third kappa shape index (κ3) is 3.89. The van der Waals surface area contributed by atoms with Gasteiger partial charge in [0.2, 0.25) is 0 Å². The fourth-order valence-electron chi connectivity index (χ4n) is 3.55. The van der Waals surface area contributed by atoms with Crippen LogP contribution in [0.15, 0.2) is 50.7 Å². The Bertz CT molecular complexity index is 1110. The molecule has 0 fully saturated rings. The molecule has 8 heteroatoms. The van der Waals surface area contributed by atoms with Gasteiger partial charge in [-0.3, -0.25) is 14.6 Å². The molecule has 0 saturated heterocycles. The number of fused-ring (bicyclic) bond motifs is 1. The second-order valence-corrected chi connectivity index (χ2v) is 7.10. The van der Waals surface area contributed by atoms with Gasteiger partial charge in [0.05, 0.1) is 29.8 Å². The Morgan fingerprint density at radius 2 is 2.03 bits per heavy atom. The molecule has 0 atom stereocenters. The van der Waals surface area contributed by atoms with Crippen molar-refractivity contribution in [1.82, 2.24) is 15.7 Å². The lowest BCUT2D eigenvalue weighted by Gasteiger charge is -2.13. The van der Waals surface area contributed by atoms with Gasteiger partial charge in [-0.15, -0.1) is 0 Å². The quantitative estimate of drug-likeness (QED) is 0.632. The summed E-state index contributed by atoms with van der Waals surface area (Å²) in [4.78, 5) is 29.2. The largest absolute Gasteiger partial charge is 0.469 e. The van der Waals surface area contributed by atoms with Gasteiger partial charge in [0.25, 0.3) is 11.8 Å². The first-order valence-corrected chi connectivity index (χ1v) is 9.76. The normalized spacial score (nSPS) is 14.4. The van der Waals surface area contributed by atoms with Gasteiger partial charge >= 0.3 is 0 Å². The van der Waals surface area contributed by atoms with Gasteiger partial charge < -0.3 is 14.2 Å². The van der Waals surface area contributed by atoms with Crippen molar-refractivity contribution in [3.05, 3.63) is 76.4 Å². The molecule has 30 heavy (non-hydrogen) atoms. The smallest absolute Gasteiger partial charge is 0.287 e. The summed E-state index contributed by atoms with van der Waals surface area (Å²) >= 11 is 0. The van der Waals surface area contributed by atoms with Gasteiger partial charge in [-0.25, -0.2) is 5.43 Å². The van der Waals surface area contributed by atoms with Crippen LogP contribution < -0.4 is 10.7 Å². The molecule has 3 aromatic heterocycles. The Balaban J connectivity index is 1.52. The van der Waals surface area contributed by atoms with Crippen LogP contribution >= 0.6 is 0 Å². The summed E-state index contributed by atoms with van der Waals surface area (Å²) in [6.45, 7) is 3.86. The van der Waals surface area contributed by atoms with Crippen molar-refractivity contribution >= 4 is 17.5 Å². The minimum Gasteiger partial charge on any atom is -0.469 e. The molecule has 0 bridgehead atoms. The van der Waals surface area contributed by atoms with Gasteiger partial charge in [0.15, 0.2) is 5.76 Å². The number of hydrogen-bond acceptors (Lipinski definition) is 6. The van der Waals surface area contributed by atoms with Crippen molar-refractivity contribution in [2.75, 3.05) is 0 Å². The van der Waals surface area contributed by atoms with E-state index in [2.05, 4.69) is 20.8 Å². The lowest BCUT2D eigenvalue weighted by Crippen LogP contribution is -2.24. The third-order valence-corrected chi connectivity index (χ3v) is 5.08. The molecular weight excluding hydrogens is 384 g/mol. The molecule has 2 amide bonds. The highest BCUT2D eigenvalue weighted by Crippen LogP contribution is 2.30. The van der Waals surface area contributed by atoms with Crippen molar-refractivity contribution in [2.24, 2.45) is 5.10 Å². The number of carbonyl (C=O) groups excluding carboxylic acids is 2. The van der Waals surface area contributed by atoms with Crippen LogP contribution in [0.25, 0.3) is 0 Å². The van der Waals surface area contributed by atoms with E-state index in [1.807, 2.05) is 25.1 Å². The predicted molar refractivity (Wildman–Crippen MR) is 109 cm³/mol. The van der Waals surface area contributed by atoms with Gasteiger partial charge in [-0.2, -0.15) is 5.10 Å². The number of aromatic nitrogens is 1. The molecule has 4 rings (SSSR count). The number of nitrogens with zero attached hydrogens (tertiary/aromatic N) is 2. The zero-order valence-corrected chi connectivity index (χ0v) is 16.8. The van der Waals surface area contributed by atoms with Crippen LogP contribution in [0.4, 0.5) is 0 Å². The van der Waals surface area contributed by atoms with E-state index < -0.39 is 0 Å². The minimum absolute atomic E-state index is 0.266. The molecule has 2 N–H and O–H groups in total. The topological polar surface area (TPSA) is 110 Å². The van der Waals surface area contributed by atoms with Crippen LogP contribution in [-0.2, 0) is 13.0 Å². The zero-order chi connectivity index (χ0) is 21.1. The molecule has 1 aliphatic carbocycles. The molecule has 0 aliphatic heterocycles. The number of furan rings is 2. The van der Waals surface area contributed by atoms with Crippen LogP contribution in [0.1, 0.15) is 62.1 Å². The average molecular weight is 406 g/mol. The molecule has 3 aromatic rings. The Labute approximate surface area is 173 Å². The van der Waals surface area contributed by atoms with Gasteiger partial charge in [-0.1, -0.05) is 6.07 Å². The van der Waals surface area contributed by atoms with Crippen LogP contribution in [0.2, 0.25) is 0 Å². The maximum atomic E-state index is 12.7. The molecule has 0 unspecified atom stereocenters. The maximum absolute atomic E-state index is 12.7. The van der Waals surface area contributed by atoms with Crippen molar-refractivity contribution in [3.63, 3.8) is 0 Å². The van der Waals surface area contributed by atoms with Gasteiger partial charge in [0, 0.05) is 23.7 Å². The van der Waals surface area contributed by atoms with Gasteiger partial charge in [-0.05, 0) is 44.9 Å². The molecule has 8 nitrogen and oxygen atoms in total. The first-order valence-electron chi connectivity index (χ1n) is 9.76. The molecule has 154 valence electrons. The second kappa shape index (κ2) is 8.36. The van der Waals surface area contributed by atoms with Crippen LogP contribution in [0, 0.1) is 13.8 Å². The second-order valence-electron chi connectivity index (χ2n) is 7.10. The molecule has 0 aromatic carbocycles.